The normalized spacial score (nSPS) is 16.8. The van der Waals surface area contributed by atoms with Crippen LogP contribution in [0.15, 0.2) is 23.0 Å². The molecule has 3 aromatic rings. The molecule has 2 amide bonds. The van der Waals surface area contributed by atoms with Gasteiger partial charge in [0.15, 0.2) is 0 Å². The molecule has 2 aliphatic rings. The Labute approximate surface area is 199 Å². The summed E-state index contributed by atoms with van der Waals surface area (Å²) in [6, 6.07) is 2.44. The van der Waals surface area contributed by atoms with Crippen molar-refractivity contribution in [3.63, 3.8) is 0 Å². The topological polar surface area (TPSA) is 107 Å². The Hall–Kier alpha value is -3.47. The summed E-state index contributed by atoms with van der Waals surface area (Å²) in [6.45, 7) is 5.90. The summed E-state index contributed by atoms with van der Waals surface area (Å²) in [5.74, 6) is -0.576. The molecule has 0 unspecified atom stereocenters. The van der Waals surface area contributed by atoms with E-state index in [4.69, 9.17) is 20.9 Å². The van der Waals surface area contributed by atoms with Crippen LogP contribution >= 0.6 is 11.6 Å². The van der Waals surface area contributed by atoms with Crippen LogP contribution in [0, 0.1) is 5.82 Å². The van der Waals surface area contributed by atoms with Gasteiger partial charge < -0.3 is 19.1 Å². The Morgan fingerprint density at radius 3 is 2.82 bits per heavy atom. The molecule has 0 saturated carbocycles. The fourth-order valence-electron chi connectivity index (χ4n) is 4.07. The fraction of sp³-hybridized carbons (Fsp3) is 0.409. The van der Waals surface area contributed by atoms with Gasteiger partial charge in [0.2, 0.25) is 11.7 Å². The minimum atomic E-state index is -0.661. The van der Waals surface area contributed by atoms with Crippen molar-refractivity contribution in [2.45, 2.75) is 45.4 Å². The zero-order valence-corrected chi connectivity index (χ0v) is 19.8. The SMILES string of the molecule is CN(Cc1nc(-c2ncn3c2[C@@H]2CCN2C(=O)c2c-3ccc(F)c2Cl)no1)C(=O)OC(C)(C)C. The summed E-state index contributed by atoms with van der Waals surface area (Å²) in [5.41, 5.74) is 1.03. The van der Waals surface area contributed by atoms with Crippen LogP contribution in [0.4, 0.5) is 9.18 Å². The Balaban J connectivity index is 1.49. The average Bonchev–Trinajstić information content (AvgIpc) is 3.33. The number of amides is 2. The maximum atomic E-state index is 14.2. The Kier molecular flexibility index (Phi) is 5.12. The number of ether oxygens (including phenoxy) is 1. The van der Waals surface area contributed by atoms with Gasteiger partial charge in [-0.2, -0.15) is 4.98 Å². The summed E-state index contributed by atoms with van der Waals surface area (Å²) in [6.07, 6.45) is 1.72. The molecule has 12 heteroatoms. The molecule has 0 radical (unpaired) electrons. The standard InChI is InChI=1S/C22H22ClFN6O4/c1-22(2,3)33-21(32)28(4)9-14-26-19(27-34-14)17-18-13-7-8-29(13)20(31)15-12(30(18)10-25-17)6-5-11(24)16(15)23/h5-6,10,13H,7-9H2,1-4H3/t13-/m0/s1. The van der Waals surface area contributed by atoms with Crippen LogP contribution in [0.2, 0.25) is 5.02 Å². The number of aromatic nitrogens is 4. The molecule has 34 heavy (non-hydrogen) atoms. The van der Waals surface area contributed by atoms with Crippen LogP contribution in [-0.4, -0.2) is 60.7 Å². The van der Waals surface area contributed by atoms with E-state index in [1.54, 1.807) is 37.3 Å². The third-order valence-electron chi connectivity index (χ3n) is 5.70. The number of nitrogens with zero attached hydrogens (tertiary/aromatic N) is 6. The summed E-state index contributed by atoms with van der Waals surface area (Å²) < 4.78 is 26.6. The summed E-state index contributed by atoms with van der Waals surface area (Å²) in [7, 11) is 1.57. The van der Waals surface area contributed by atoms with Crippen molar-refractivity contribution in [2.24, 2.45) is 0 Å². The number of imidazole rings is 1. The number of carbonyl (C=O) groups excluding carboxylic acids is 2. The van der Waals surface area contributed by atoms with E-state index in [9.17, 15) is 14.0 Å². The summed E-state index contributed by atoms with van der Waals surface area (Å²) >= 11 is 6.18. The van der Waals surface area contributed by atoms with E-state index >= 15 is 0 Å². The van der Waals surface area contributed by atoms with Crippen LogP contribution < -0.4 is 0 Å². The summed E-state index contributed by atoms with van der Waals surface area (Å²) in [4.78, 5) is 37.2. The Morgan fingerprint density at radius 2 is 2.15 bits per heavy atom. The van der Waals surface area contributed by atoms with Crippen molar-refractivity contribution in [2.75, 3.05) is 13.6 Å². The molecule has 5 rings (SSSR count). The maximum absolute atomic E-state index is 14.2. The van der Waals surface area contributed by atoms with Crippen LogP contribution in [-0.2, 0) is 11.3 Å². The first-order valence-corrected chi connectivity index (χ1v) is 11.1. The van der Waals surface area contributed by atoms with E-state index < -0.39 is 17.5 Å². The molecule has 4 heterocycles. The number of halogens is 2. The molecule has 2 aromatic heterocycles. The van der Waals surface area contributed by atoms with Gasteiger partial charge in [-0.3, -0.25) is 9.36 Å². The molecule has 0 spiro atoms. The van der Waals surface area contributed by atoms with Crippen LogP contribution in [0.25, 0.3) is 17.2 Å². The molecule has 1 atom stereocenters. The van der Waals surface area contributed by atoms with Gasteiger partial charge in [-0.25, -0.2) is 14.2 Å². The lowest BCUT2D eigenvalue weighted by atomic mass is 9.97. The van der Waals surface area contributed by atoms with Gasteiger partial charge in [0.05, 0.1) is 28.0 Å². The van der Waals surface area contributed by atoms with E-state index in [-0.39, 0.29) is 40.8 Å². The largest absolute Gasteiger partial charge is 0.444 e. The summed E-state index contributed by atoms with van der Waals surface area (Å²) in [5, 5.41) is 3.83. The highest BCUT2D eigenvalue weighted by Gasteiger charge is 2.43. The van der Waals surface area contributed by atoms with E-state index in [1.807, 2.05) is 0 Å². The quantitative estimate of drug-likeness (QED) is 0.548. The zero-order valence-electron chi connectivity index (χ0n) is 19.0. The number of benzene rings is 1. The Bertz CT molecular complexity index is 1310. The number of fused-ring (bicyclic) bond motifs is 5. The molecule has 0 N–H and O–H groups in total. The molecule has 178 valence electrons. The lowest BCUT2D eigenvalue weighted by molar-refractivity contribution is 0.0268. The third-order valence-corrected chi connectivity index (χ3v) is 6.07. The van der Waals surface area contributed by atoms with Gasteiger partial charge in [0.25, 0.3) is 5.91 Å². The van der Waals surface area contributed by atoms with Gasteiger partial charge in [-0.15, -0.1) is 0 Å². The van der Waals surface area contributed by atoms with E-state index in [0.717, 1.165) is 0 Å². The third kappa shape index (κ3) is 3.60. The van der Waals surface area contributed by atoms with Crippen molar-refractivity contribution >= 4 is 23.6 Å². The molecule has 1 fully saturated rings. The van der Waals surface area contributed by atoms with Crippen molar-refractivity contribution in [3.8, 4) is 17.2 Å². The van der Waals surface area contributed by atoms with Gasteiger partial charge in [-0.1, -0.05) is 16.8 Å². The van der Waals surface area contributed by atoms with Crippen LogP contribution in [0.3, 0.4) is 0 Å². The monoisotopic (exact) mass is 488 g/mol. The highest BCUT2D eigenvalue weighted by atomic mass is 35.5. The van der Waals surface area contributed by atoms with Crippen molar-refractivity contribution in [1.29, 1.82) is 0 Å². The van der Waals surface area contributed by atoms with Crippen molar-refractivity contribution < 1.29 is 23.2 Å². The highest BCUT2D eigenvalue weighted by Crippen LogP contribution is 2.44. The van der Waals surface area contributed by atoms with E-state index in [2.05, 4.69) is 15.1 Å². The number of hydrogen-bond acceptors (Lipinski definition) is 7. The fourth-order valence-corrected chi connectivity index (χ4v) is 4.31. The van der Waals surface area contributed by atoms with E-state index in [0.29, 0.717) is 30.0 Å². The lowest BCUT2D eigenvalue weighted by Crippen LogP contribution is -2.44. The maximum Gasteiger partial charge on any atom is 0.410 e. The second kappa shape index (κ2) is 7.79. The second-order valence-electron chi connectivity index (χ2n) is 9.26. The minimum Gasteiger partial charge on any atom is -0.444 e. The van der Waals surface area contributed by atoms with Crippen LogP contribution in [0.1, 0.15) is 55.2 Å². The first-order valence-electron chi connectivity index (χ1n) is 10.7. The second-order valence-corrected chi connectivity index (χ2v) is 9.63. The van der Waals surface area contributed by atoms with Crippen molar-refractivity contribution in [1.82, 2.24) is 29.5 Å². The predicted octanol–water partition coefficient (Wildman–Crippen LogP) is 3.98. The first kappa shape index (κ1) is 22.3. The van der Waals surface area contributed by atoms with Crippen LogP contribution in [0.5, 0.6) is 0 Å². The number of carbonyl (C=O) groups is 2. The number of hydrogen-bond donors (Lipinski definition) is 0. The molecule has 0 bridgehead atoms. The molecule has 2 aliphatic heterocycles. The molecular formula is C22H22ClFN6O4. The molecule has 1 aromatic carbocycles. The van der Waals surface area contributed by atoms with E-state index in [1.165, 1.54) is 23.4 Å². The highest BCUT2D eigenvalue weighted by molar-refractivity contribution is 6.34. The van der Waals surface area contributed by atoms with Gasteiger partial charge in [0.1, 0.15) is 30.0 Å². The van der Waals surface area contributed by atoms with Gasteiger partial charge >= 0.3 is 6.09 Å². The average molecular weight is 489 g/mol. The van der Waals surface area contributed by atoms with Gasteiger partial charge in [-0.05, 0) is 39.3 Å². The molecular weight excluding hydrogens is 467 g/mol. The first-order chi connectivity index (χ1) is 16.0. The zero-order chi connectivity index (χ0) is 24.4. The molecule has 1 saturated heterocycles. The molecule has 0 aliphatic carbocycles. The smallest absolute Gasteiger partial charge is 0.410 e. The minimum absolute atomic E-state index is 0.0454. The lowest BCUT2D eigenvalue weighted by Gasteiger charge is -2.39. The van der Waals surface area contributed by atoms with Gasteiger partial charge in [0, 0.05) is 13.6 Å². The molecule has 10 nitrogen and oxygen atoms in total. The number of rotatable bonds is 3. The van der Waals surface area contributed by atoms with Crippen molar-refractivity contribution in [3.05, 3.63) is 46.4 Å². The Morgan fingerprint density at radius 1 is 1.38 bits per heavy atom. The predicted molar refractivity (Wildman–Crippen MR) is 118 cm³/mol.